The van der Waals surface area contributed by atoms with E-state index in [4.69, 9.17) is 9.84 Å². The van der Waals surface area contributed by atoms with Crippen LogP contribution in [0.2, 0.25) is 0 Å². The number of aliphatic carboxylic acids is 1. The van der Waals surface area contributed by atoms with Gasteiger partial charge in [0.25, 0.3) is 0 Å². The highest BCUT2D eigenvalue weighted by atomic mass is 32.2. The quantitative estimate of drug-likeness (QED) is 0.560. The van der Waals surface area contributed by atoms with Gasteiger partial charge in [0, 0.05) is 24.1 Å². The number of hydrogen-bond acceptors (Lipinski definition) is 4. The van der Waals surface area contributed by atoms with Crippen LogP contribution in [0.3, 0.4) is 0 Å². The average molecular weight is 295 g/mol. The third kappa shape index (κ3) is 7.86. The van der Waals surface area contributed by atoms with Gasteiger partial charge in [-0.3, -0.25) is 0 Å². The van der Waals surface area contributed by atoms with Crippen molar-refractivity contribution in [3.63, 3.8) is 0 Å². The maximum atomic E-state index is 10.4. The van der Waals surface area contributed by atoms with Gasteiger partial charge in [0.1, 0.15) is 5.75 Å². The summed E-state index contributed by atoms with van der Waals surface area (Å²) in [5, 5.41) is 8.53. The largest absolute Gasteiger partial charge is 0.493 e. The number of carbonyl (C=O) groups is 1. The summed E-state index contributed by atoms with van der Waals surface area (Å²) in [4.78, 5) is 12.6. The topological polar surface area (TPSA) is 49.8 Å². The minimum atomic E-state index is -0.944. The zero-order chi connectivity index (χ0) is 14.8. The molecule has 1 rings (SSSR count). The minimum Gasteiger partial charge on any atom is -0.493 e. The predicted molar refractivity (Wildman–Crippen MR) is 84.5 cm³/mol. The maximum absolute atomic E-state index is 10.4. The number of ether oxygens (including phenoxy) is 1. The number of nitrogens with zero attached hydrogens (tertiary/aromatic N) is 1. The fraction of sp³-hybridized carbons (Fsp3) is 0.400. The molecule has 1 aromatic rings. The van der Waals surface area contributed by atoms with Gasteiger partial charge in [-0.25, -0.2) is 4.79 Å². The molecule has 0 atom stereocenters. The van der Waals surface area contributed by atoms with Crippen LogP contribution < -0.4 is 4.74 Å². The summed E-state index contributed by atoms with van der Waals surface area (Å²) in [5.41, 5.74) is 0.847. The van der Waals surface area contributed by atoms with E-state index < -0.39 is 5.97 Å². The number of benzene rings is 1. The van der Waals surface area contributed by atoms with E-state index in [-0.39, 0.29) is 0 Å². The normalized spacial score (nSPS) is 11.2. The van der Waals surface area contributed by atoms with Crippen molar-refractivity contribution in [3.8, 4) is 5.75 Å². The lowest BCUT2D eigenvalue weighted by Gasteiger charge is -2.09. The number of hydrogen-bond donors (Lipinski definition) is 1. The Labute approximate surface area is 124 Å². The Hall–Kier alpha value is -1.46. The molecule has 0 aliphatic carbocycles. The van der Waals surface area contributed by atoms with Crippen molar-refractivity contribution >= 4 is 23.8 Å². The standard InChI is InChI=1S/C15H21NO3S/c1-16(2)9-11-20-12-10-19-14-6-3-13(4-7-14)5-8-15(17)18/h3-8H,9-12H2,1-2H3,(H,17,18)/b8-5+. The molecule has 4 nitrogen and oxygen atoms in total. The molecule has 0 unspecified atom stereocenters. The Kier molecular flexibility index (Phi) is 7.84. The van der Waals surface area contributed by atoms with Crippen molar-refractivity contribution in [1.29, 1.82) is 0 Å². The summed E-state index contributed by atoms with van der Waals surface area (Å²) in [6, 6.07) is 7.39. The van der Waals surface area contributed by atoms with E-state index in [9.17, 15) is 4.79 Å². The van der Waals surface area contributed by atoms with Gasteiger partial charge in [-0.2, -0.15) is 11.8 Å². The van der Waals surface area contributed by atoms with Crippen molar-refractivity contribution in [1.82, 2.24) is 4.90 Å². The van der Waals surface area contributed by atoms with Crippen LogP contribution in [0.1, 0.15) is 5.56 Å². The molecule has 0 fully saturated rings. The van der Waals surface area contributed by atoms with E-state index in [0.29, 0.717) is 6.61 Å². The molecule has 0 aromatic heterocycles. The minimum absolute atomic E-state index is 0.683. The van der Waals surface area contributed by atoms with E-state index in [0.717, 1.165) is 35.4 Å². The van der Waals surface area contributed by atoms with E-state index in [1.807, 2.05) is 36.0 Å². The lowest BCUT2D eigenvalue weighted by Crippen LogP contribution is -2.15. The van der Waals surface area contributed by atoms with Gasteiger partial charge in [0.05, 0.1) is 6.61 Å². The molecule has 0 saturated heterocycles. The fourth-order valence-electron chi connectivity index (χ4n) is 1.41. The molecule has 5 heteroatoms. The predicted octanol–water partition coefficient (Wildman–Crippen LogP) is 2.46. The smallest absolute Gasteiger partial charge is 0.328 e. The summed E-state index contributed by atoms with van der Waals surface area (Å²) < 4.78 is 5.62. The summed E-state index contributed by atoms with van der Waals surface area (Å²) in [6.07, 6.45) is 2.68. The summed E-state index contributed by atoms with van der Waals surface area (Å²) in [6.45, 7) is 1.76. The summed E-state index contributed by atoms with van der Waals surface area (Å²) in [5.74, 6) is 1.94. The molecular formula is C15H21NO3S. The monoisotopic (exact) mass is 295 g/mol. The van der Waals surface area contributed by atoms with E-state index in [1.165, 1.54) is 0 Å². The van der Waals surface area contributed by atoms with Gasteiger partial charge in [-0.05, 0) is 37.9 Å². The Morgan fingerprint density at radius 1 is 1.30 bits per heavy atom. The van der Waals surface area contributed by atoms with Gasteiger partial charge < -0.3 is 14.7 Å². The van der Waals surface area contributed by atoms with Crippen LogP contribution in [-0.2, 0) is 4.79 Å². The second-order valence-corrected chi connectivity index (χ2v) is 5.73. The van der Waals surface area contributed by atoms with Gasteiger partial charge in [0.15, 0.2) is 0 Å². The molecule has 20 heavy (non-hydrogen) atoms. The number of thioether (sulfide) groups is 1. The lowest BCUT2D eigenvalue weighted by atomic mass is 10.2. The molecule has 1 aromatic carbocycles. The Bertz CT molecular complexity index is 429. The van der Waals surface area contributed by atoms with Crippen molar-refractivity contribution < 1.29 is 14.6 Å². The summed E-state index contributed by atoms with van der Waals surface area (Å²) >= 11 is 1.87. The molecule has 0 radical (unpaired) electrons. The van der Waals surface area contributed by atoms with Crippen LogP contribution in [0, 0.1) is 0 Å². The SMILES string of the molecule is CN(C)CCSCCOc1ccc(/C=C/C(=O)O)cc1. The van der Waals surface area contributed by atoms with Gasteiger partial charge in [0.2, 0.25) is 0 Å². The first kappa shape index (κ1) is 16.6. The van der Waals surface area contributed by atoms with E-state index >= 15 is 0 Å². The van der Waals surface area contributed by atoms with E-state index in [2.05, 4.69) is 19.0 Å². The fourth-order valence-corrected chi connectivity index (χ4v) is 2.31. The van der Waals surface area contributed by atoms with E-state index in [1.54, 1.807) is 6.08 Å². The van der Waals surface area contributed by atoms with Crippen molar-refractivity contribution in [2.45, 2.75) is 0 Å². The Morgan fingerprint density at radius 3 is 2.60 bits per heavy atom. The third-order valence-electron chi connectivity index (χ3n) is 2.48. The van der Waals surface area contributed by atoms with Crippen molar-refractivity contribution in [3.05, 3.63) is 35.9 Å². The van der Waals surface area contributed by atoms with Crippen molar-refractivity contribution in [2.24, 2.45) is 0 Å². The second kappa shape index (κ2) is 9.44. The molecule has 0 heterocycles. The van der Waals surface area contributed by atoms with Gasteiger partial charge in [-0.15, -0.1) is 0 Å². The van der Waals surface area contributed by atoms with Crippen molar-refractivity contribution in [2.75, 3.05) is 38.8 Å². The molecule has 0 bridgehead atoms. The zero-order valence-corrected chi connectivity index (χ0v) is 12.7. The summed E-state index contributed by atoms with van der Waals surface area (Å²) in [7, 11) is 4.13. The molecule has 110 valence electrons. The zero-order valence-electron chi connectivity index (χ0n) is 11.9. The highest BCUT2D eigenvalue weighted by molar-refractivity contribution is 7.99. The van der Waals surface area contributed by atoms with Crippen LogP contribution in [0.15, 0.2) is 30.3 Å². The molecule has 0 aliphatic rings. The first-order valence-electron chi connectivity index (χ1n) is 6.44. The molecule has 0 amide bonds. The van der Waals surface area contributed by atoms with Crippen LogP contribution in [0.4, 0.5) is 0 Å². The first-order chi connectivity index (χ1) is 9.58. The van der Waals surface area contributed by atoms with Crippen LogP contribution >= 0.6 is 11.8 Å². The Morgan fingerprint density at radius 2 is 2.00 bits per heavy atom. The van der Waals surface area contributed by atoms with Crippen LogP contribution in [0.5, 0.6) is 5.75 Å². The molecule has 1 N–H and O–H groups in total. The maximum Gasteiger partial charge on any atom is 0.328 e. The number of carboxylic acids is 1. The first-order valence-corrected chi connectivity index (χ1v) is 7.60. The number of rotatable bonds is 9. The molecular weight excluding hydrogens is 274 g/mol. The molecule has 0 spiro atoms. The lowest BCUT2D eigenvalue weighted by molar-refractivity contribution is -0.131. The van der Waals surface area contributed by atoms with Crippen LogP contribution in [0.25, 0.3) is 6.08 Å². The highest BCUT2D eigenvalue weighted by Crippen LogP contribution is 2.13. The van der Waals surface area contributed by atoms with Crippen LogP contribution in [-0.4, -0.2) is 54.7 Å². The molecule has 0 saturated carbocycles. The molecule has 0 aliphatic heterocycles. The van der Waals surface area contributed by atoms with Gasteiger partial charge >= 0.3 is 5.97 Å². The second-order valence-electron chi connectivity index (χ2n) is 4.50. The number of carboxylic acid groups (broad SMARTS) is 1. The van der Waals surface area contributed by atoms with Gasteiger partial charge in [-0.1, -0.05) is 12.1 Å². The third-order valence-corrected chi connectivity index (χ3v) is 3.40. The highest BCUT2D eigenvalue weighted by Gasteiger charge is 1.96. The Balaban J connectivity index is 2.23. The average Bonchev–Trinajstić information content (AvgIpc) is 2.41.